The molecule has 9 nitrogen and oxygen atoms in total. The lowest BCUT2D eigenvalue weighted by atomic mass is 9.90. The number of sulfonamides is 2. The van der Waals surface area contributed by atoms with Crippen molar-refractivity contribution in [2.45, 2.75) is 48.7 Å². The van der Waals surface area contributed by atoms with E-state index in [-0.39, 0.29) is 4.90 Å². The Hall–Kier alpha value is -1.54. The molecule has 0 amide bonds. The number of nitrogens with zero attached hydrogens (tertiary/aromatic N) is 3. The lowest BCUT2D eigenvalue weighted by Crippen LogP contribution is -2.41. The van der Waals surface area contributed by atoms with Gasteiger partial charge in [0.15, 0.2) is 0 Å². The molecule has 3 rings (SSSR count). The number of benzene rings is 2. The quantitative estimate of drug-likeness (QED) is 0.532. The zero-order chi connectivity index (χ0) is 26.1. The first-order chi connectivity index (χ1) is 15.4. The Morgan fingerprint density at radius 3 is 1.56 bits per heavy atom. The number of hydrogen-bond donors (Lipinski definition) is 0. The predicted molar refractivity (Wildman–Crippen MR) is 135 cm³/mol. The van der Waals surface area contributed by atoms with Crippen LogP contribution in [-0.2, 0) is 29.7 Å². The molecule has 0 bridgehead atoms. The zero-order valence-electron chi connectivity index (χ0n) is 20.6. The summed E-state index contributed by atoms with van der Waals surface area (Å²) >= 11 is 3.22. The predicted octanol–water partition coefficient (Wildman–Crippen LogP) is 3.88. The second-order valence-electron chi connectivity index (χ2n) is 8.99. The van der Waals surface area contributed by atoms with Gasteiger partial charge in [0, 0.05) is 32.7 Å². The third-order valence-corrected chi connectivity index (χ3v) is 9.57. The first-order valence-electron chi connectivity index (χ1n) is 10.3. The first-order valence-corrected chi connectivity index (χ1v) is 14.0. The van der Waals surface area contributed by atoms with Gasteiger partial charge in [0.05, 0.1) is 15.5 Å². The number of anilines is 1. The molecule has 0 radical (unpaired) electrons. The van der Waals surface area contributed by atoms with E-state index in [2.05, 4.69) is 15.9 Å². The van der Waals surface area contributed by atoms with E-state index in [9.17, 15) is 16.8 Å². The van der Waals surface area contributed by atoms with Gasteiger partial charge in [-0.15, -0.1) is 5.23 Å². The van der Waals surface area contributed by atoms with Gasteiger partial charge in [0.1, 0.15) is 11.2 Å². The summed E-state index contributed by atoms with van der Waals surface area (Å²) in [6.45, 7) is 7.70. The Morgan fingerprint density at radius 2 is 1.15 bits per heavy atom. The Kier molecular flexibility index (Phi) is 8.62. The summed E-state index contributed by atoms with van der Waals surface area (Å²) in [4.78, 5) is 12.1. The fraction of sp³-hybridized carbons (Fsp3) is 0.455. The first kappa shape index (κ1) is 28.7. The van der Waals surface area contributed by atoms with Gasteiger partial charge in [-0.3, -0.25) is 0 Å². The average molecular weight is 579 g/mol. The maximum Gasteiger partial charge on any atom is 0.242 e. The van der Waals surface area contributed by atoms with Crippen molar-refractivity contribution in [1.82, 2.24) is 8.61 Å². The molecule has 0 aliphatic carbocycles. The summed E-state index contributed by atoms with van der Waals surface area (Å²) < 4.78 is 50.7. The van der Waals surface area contributed by atoms with Crippen LogP contribution in [-0.4, -0.2) is 64.8 Å². The monoisotopic (exact) mass is 577 g/mol. The van der Waals surface area contributed by atoms with E-state index in [0.29, 0.717) is 10.6 Å². The topological polar surface area (TPSA) is 96.5 Å². The molecule has 1 heterocycles. The minimum absolute atomic E-state index is 0.194. The molecule has 0 unspecified atom stereocenters. The molecule has 1 aliphatic rings. The lowest BCUT2D eigenvalue weighted by Gasteiger charge is -2.26. The van der Waals surface area contributed by atoms with Crippen LogP contribution < -0.4 is 5.23 Å². The molecule has 1 aliphatic heterocycles. The van der Waals surface area contributed by atoms with Gasteiger partial charge in [-0.1, -0.05) is 28.1 Å². The van der Waals surface area contributed by atoms with E-state index < -0.39 is 31.2 Å². The molecular formula is C22H32BrN3O6S2. The Balaban J connectivity index is 0.000000270. The zero-order valence-corrected chi connectivity index (χ0v) is 23.8. The van der Waals surface area contributed by atoms with E-state index >= 15 is 0 Å². The van der Waals surface area contributed by atoms with E-state index in [4.69, 9.17) is 9.68 Å². The standard InChI is InChI=1S/C14H22N2O4S.C8H10BrNO2S/c1-13(2)14(3,4)20-16(19-13)11-8-7-9-12(10-11)21(17,18)15(5)6;1-10(2)13(11,12)8-5-3-4-7(9)6-8/h7-10H,1-6H3;3-6H,1-2H3. The Bertz CT molecular complexity index is 1210. The highest BCUT2D eigenvalue weighted by atomic mass is 79.9. The molecule has 0 saturated carbocycles. The van der Waals surface area contributed by atoms with Gasteiger partial charge >= 0.3 is 0 Å². The van der Waals surface area contributed by atoms with Crippen LogP contribution >= 0.6 is 15.9 Å². The number of hydrogen-bond acceptors (Lipinski definition) is 7. The van der Waals surface area contributed by atoms with Crippen molar-refractivity contribution in [2.24, 2.45) is 0 Å². The second-order valence-corrected chi connectivity index (χ2v) is 14.2. The van der Waals surface area contributed by atoms with Crippen LogP contribution in [0.15, 0.2) is 62.8 Å². The van der Waals surface area contributed by atoms with Gasteiger partial charge in [-0.25, -0.2) is 35.1 Å². The van der Waals surface area contributed by atoms with Crippen molar-refractivity contribution in [2.75, 3.05) is 33.4 Å². The molecule has 2 aromatic rings. The van der Waals surface area contributed by atoms with Crippen molar-refractivity contribution < 1.29 is 26.5 Å². The summed E-state index contributed by atoms with van der Waals surface area (Å²) in [5, 5.41) is 1.29. The van der Waals surface area contributed by atoms with E-state index in [1.807, 2.05) is 27.7 Å². The second kappa shape index (κ2) is 10.2. The summed E-state index contributed by atoms with van der Waals surface area (Å²) in [6.07, 6.45) is 0. The molecule has 12 heteroatoms. The Labute approximate surface area is 211 Å². The van der Waals surface area contributed by atoms with Crippen LogP contribution in [0.3, 0.4) is 0 Å². The van der Waals surface area contributed by atoms with Gasteiger partial charge < -0.3 is 0 Å². The van der Waals surface area contributed by atoms with Gasteiger partial charge in [-0.05, 0) is 64.1 Å². The third-order valence-electron chi connectivity index (χ3n) is 5.45. The highest BCUT2D eigenvalue weighted by molar-refractivity contribution is 9.10. The molecule has 34 heavy (non-hydrogen) atoms. The Morgan fingerprint density at radius 1 is 0.735 bits per heavy atom. The van der Waals surface area contributed by atoms with Crippen LogP contribution in [0.4, 0.5) is 5.69 Å². The largest absolute Gasteiger partial charge is 0.242 e. The van der Waals surface area contributed by atoms with Gasteiger partial charge in [0.2, 0.25) is 20.0 Å². The van der Waals surface area contributed by atoms with E-state index in [1.165, 1.54) is 48.1 Å². The maximum absolute atomic E-state index is 12.2. The molecule has 0 spiro atoms. The molecule has 190 valence electrons. The molecule has 1 fully saturated rings. The number of rotatable bonds is 5. The fourth-order valence-corrected chi connectivity index (χ4v) is 5.01. The highest BCUT2D eigenvalue weighted by Gasteiger charge is 2.50. The van der Waals surface area contributed by atoms with Crippen LogP contribution in [0.5, 0.6) is 0 Å². The number of halogens is 1. The average Bonchev–Trinajstić information content (AvgIpc) is 2.95. The maximum atomic E-state index is 12.2. The van der Waals surface area contributed by atoms with Crippen molar-refractivity contribution in [3.63, 3.8) is 0 Å². The lowest BCUT2D eigenvalue weighted by molar-refractivity contribution is -0.0273. The molecule has 0 N–H and O–H groups in total. The minimum Gasteiger partial charge on any atom is -0.239 e. The third kappa shape index (κ3) is 6.17. The SMILES string of the molecule is CN(C)S(=O)(=O)c1cccc(Br)c1.CN(C)S(=O)(=O)c1cccc(N2OC(C)(C)C(C)(C)O2)c1. The van der Waals surface area contributed by atoms with Crippen molar-refractivity contribution in [3.8, 4) is 0 Å². The van der Waals surface area contributed by atoms with E-state index in [0.717, 1.165) is 4.47 Å². The van der Waals surface area contributed by atoms with Crippen molar-refractivity contribution >= 4 is 41.7 Å². The summed E-state index contributed by atoms with van der Waals surface area (Å²) in [6, 6.07) is 13.1. The normalized spacial score (nSPS) is 17.6. The molecular weight excluding hydrogens is 546 g/mol. The minimum atomic E-state index is -3.49. The van der Waals surface area contributed by atoms with Gasteiger partial charge in [-0.2, -0.15) is 0 Å². The molecule has 1 saturated heterocycles. The highest BCUT2D eigenvalue weighted by Crippen LogP contribution is 2.40. The fourth-order valence-electron chi connectivity index (χ4n) is 2.57. The summed E-state index contributed by atoms with van der Waals surface area (Å²) in [5.41, 5.74) is -0.510. The summed E-state index contributed by atoms with van der Waals surface area (Å²) in [7, 11) is -0.772. The van der Waals surface area contributed by atoms with Crippen molar-refractivity contribution in [3.05, 3.63) is 53.0 Å². The summed E-state index contributed by atoms with van der Waals surface area (Å²) in [5.74, 6) is 0. The van der Waals surface area contributed by atoms with Gasteiger partial charge in [0.25, 0.3) is 0 Å². The van der Waals surface area contributed by atoms with Crippen LogP contribution in [0.25, 0.3) is 0 Å². The van der Waals surface area contributed by atoms with Crippen molar-refractivity contribution in [1.29, 1.82) is 0 Å². The van der Waals surface area contributed by atoms with E-state index in [1.54, 1.807) is 42.5 Å². The van der Waals surface area contributed by atoms with Crippen LogP contribution in [0, 0.1) is 0 Å². The molecule has 0 aromatic heterocycles. The smallest absolute Gasteiger partial charge is 0.239 e. The molecule has 0 atom stereocenters. The molecule has 2 aromatic carbocycles. The van der Waals surface area contributed by atoms with Crippen LogP contribution in [0.2, 0.25) is 0 Å². The van der Waals surface area contributed by atoms with Crippen LogP contribution in [0.1, 0.15) is 27.7 Å².